The van der Waals surface area contributed by atoms with Crippen LogP contribution in [0, 0.1) is 6.92 Å². The first-order valence-corrected chi connectivity index (χ1v) is 6.94. The molecule has 0 bridgehead atoms. The molecule has 0 spiro atoms. The Hall–Kier alpha value is -2.10. The number of hydrogen-bond acceptors (Lipinski definition) is 4. The first-order chi connectivity index (χ1) is 9.63. The predicted molar refractivity (Wildman–Crippen MR) is 84.2 cm³/mol. The molecule has 4 heteroatoms. The van der Waals surface area contributed by atoms with Crippen molar-refractivity contribution in [2.45, 2.75) is 33.2 Å². The van der Waals surface area contributed by atoms with Gasteiger partial charge in [0.15, 0.2) is 0 Å². The number of aryl methyl sites for hydroxylation is 1. The van der Waals surface area contributed by atoms with Crippen LogP contribution >= 0.6 is 0 Å². The van der Waals surface area contributed by atoms with Crippen LogP contribution in [0.2, 0.25) is 0 Å². The Balaban J connectivity index is 2.24. The first kappa shape index (κ1) is 14.3. The second kappa shape index (κ2) is 6.37. The second-order valence-corrected chi connectivity index (χ2v) is 5.17. The molecule has 1 aromatic carbocycles. The molecule has 0 aliphatic rings. The Bertz CT molecular complexity index is 578. The smallest absolute Gasteiger partial charge is 0.135 e. The number of nitrogens with one attached hydrogen (secondary N) is 2. The summed E-state index contributed by atoms with van der Waals surface area (Å²) in [5.41, 5.74) is 3.70. The Morgan fingerprint density at radius 1 is 1.10 bits per heavy atom. The van der Waals surface area contributed by atoms with Crippen molar-refractivity contribution < 1.29 is 0 Å². The van der Waals surface area contributed by atoms with Gasteiger partial charge < -0.3 is 10.6 Å². The molecule has 20 heavy (non-hydrogen) atoms. The summed E-state index contributed by atoms with van der Waals surface area (Å²) in [5, 5.41) is 6.57. The van der Waals surface area contributed by atoms with Crippen LogP contribution in [0.25, 0.3) is 0 Å². The summed E-state index contributed by atoms with van der Waals surface area (Å²) in [6.07, 6.45) is 1.60. The van der Waals surface area contributed by atoms with Crippen LogP contribution in [0.4, 0.5) is 11.6 Å². The average molecular weight is 270 g/mol. The molecule has 1 heterocycles. The summed E-state index contributed by atoms with van der Waals surface area (Å²) in [6, 6.07) is 8.38. The standard InChI is InChI=1S/C16H22N4/c1-11(2)14-15(17-4)19-10-20-16(14)18-9-13-8-6-5-7-12(13)3/h5-8,10-11H,9H2,1-4H3,(H2,17,18,19,20). The van der Waals surface area contributed by atoms with Crippen LogP contribution in [0.5, 0.6) is 0 Å². The molecular formula is C16H22N4. The van der Waals surface area contributed by atoms with E-state index >= 15 is 0 Å². The Labute approximate surface area is 120 Å². The molecule has 0 radical (unpaired) electrons. The van der Waals surface area contributed by atoms with E-state index in [0.717, 1.165) is 23.7 Å². The van der Waals surface area contributed by atoms with Crippen molar-refractivity contribution in [1.29, 1.82) is 0 Å². The van der Waals surface area contributed by atoms with Crippen LogP contribution in [0.15, 0.2) is 30.6 Å². The second-order valence-electron chi connectivity index (χ2n) is 5.17. The van der Waals surface area contributed by atoms with E-state index in [1.807, 2.05) is 7.05 Å². The van der Waals surface area contributed by atoms with Crippen molar-refractivity contribution in [1.82, 2.24) is 9.97 Å². The number of nitrogens with zero attached hydrogens (tertiary/aromatic N) is 2. The lowest BCUT2D eigenvalue weighted by atomic mass is 10.0. The third kappa shape index (κ3) is 3.07. The van der Waals surface area contributed by atoms with E-state index in [1.165, 1.54) is 11.1 Å². The minimum absolute atomic E-state index is 0.359. The van der Waals surface area contributed by atoms with Gasteiger partial charge in [-0.2, -0.15) is 0 Å². The fraction of sp³-hybridized carbons (Fsp3) is 0.375. The lowest BCUT2D eigenvalue weighted by Gasteiger charge is -2.17. The Kier molecular flexibility index (Phi) is 4.56. The summed E-state index contributed by atoms with van der Waals surface area (Å²) in [5.74, 6) is 2.16. The van der Waals surface area contributed by atoms with Gasteiger partial charge in [-0.15, -0.1) is 0 Å². The lowest BCUT2D eigenvalue weighted by molar-refractivity contribution is 0.846. The van der Waals surface area contributed by atoms with Gasteiger partial charge in [0.05, 0.1) is 0 Å². The van der Waals surface area contributed by atoms with E-state index in [-0.39, 0.29) is 0 Å². The van der Waals surface area contributed by atoms with Gasteiger partial charge >= 0.3 is 0 Å². The molecule has 0 atom stereocenters. The highest BCUT2D eigenvalue weighted by molar-refractivity contribution is 5.58. The molecule has 0 saturated carbocycles. The molecule has 4 nitrogen and oxygen atoms in total. The third-order valence-electron chi connectivity index (χ3n) is 3.41. The topological polar surface area (TPSA) is 49.8 Å². The fourth-order valence-corrected chi connectivity index (χ4v) is 2.27. The zero-order valence-electron chi connectivity index (χ0n) is 12.6. The largest absolute Gasteiger partial charge is 0.373 e. The van der Waals surface area contributed by atoms with Crippen molar-refractivity contribution in [3.05, 3.63) is 47.3 Å². The highest BCUT2D eigenvalue weighted by Crippen LogP contribution is 2.28. The van der Waals surface area contributed by atoms with Gasteiger partial charge in [0.1, 0.15) is 18.0 Å². The summed E-state index contributed by atoms with van der Waals surface area (Å²) in [6.45, 7) is 7.20. The molecule has 0 aliphatic heterocycles. The van der Waals surface area contributed by atoms with Gasteiger partial charge in [-0.3, -0.25) is 0 Å². The molecule has 0 saturated heterocycles. The zero-order chi connectivity index (χ0) is 14.5. The fourth-order valence-electron chi connectivity index (χ4n) is 2.27. The highest BCUT2D eigenvalue weighted by atomic mass is 15.1. The first-order valence-electron chi connectivity index (χ1n) is 6.94. The van der Waals surface area contributed by atoms with Crippen LogP contribution in [0.3, 0.4) is 0 Å². The molecule has 1 aromatic heterocycles. The number of aromatic nitrogens is 2. The van der Waals surface area contributed by atoms with Crippen LogP contribution in [-0.2, 0) is 6.54 Å². The van der Waals surface area contributed by atoms with E-state index in [0.29, 0.717) is 5.92 Å². The van der Waals surface area contributed by atoms with E-state index < -0.39 is 0 Å². The maximum Gasteiger partial charge on any atom is 0.135 e. The molecule has 2 N–H and O–H groups in total. The maximum atomic E-state index is 4.39. The molecule has 0 unspecified atom stereocenters. The van der Waals surface area contributed by atoms with Gasteiger partial charge in [-0.05, 0) is 24.0 Å². The normalized spacial score (nSPS) is 10.7. The Morgan fingerprint density at radius 2 is 1.80 bits per heavy atom. The Morgan fingerprint density at radius 3 is 2.45 bits per heavy atom. The van der Waals surface area contributed by atoms with Gasteiger partial charge in [0, 0.05) is 19.2 Å². The number of hydrogen-bond donors (Lipinski definition) is 2. The third-order valence-corrected chi connectivity index (χ3v) is 3.41. The quantitative estimate of drug-likeness (QED) is 0.872. The summed E-state index contributed by atoms with van der Waals surface area (Å²) >= 11 is 0. The molecular weight excluding hydrogens is 248 g/mol. The zero-order valence-corrected chi connectivity index (χ0v) is 12.6. The van der Waals surface area contributed by atoms with E-state index in [9.17, 15) is 0 Å². The lowest BCUT2D eigenvalue weighted by Crippen LogP contribution is -2.10. The van der Waals surface area contributed by atoms with Crippen molar-refractivity contribution in [2.75, 3.05) is 17.7 Å². The van der Waals surface area contributed by atoms with Gasteiger partial charge in [0.2, 0.25) is 0 Å². The SMILES string of the molecule is CNc1ncnc(NCc2ccccc2C)c1C(C)C. The van der Waals surface area contributed by atoms with Crippen molar-refractivity contribution in [3.8, 4) is 0 Å². The highest BCUT2D eigenvalue weighted by Gasteiger charge is 2.13. The maximum absolute atomic E-state index is 4.39. The summed E-state index contributed by atoms with van der Waals surface area (Å²) < 4.78 is 0. The number of benzene rings is 1. The van der Waals surface area contributed by atoms with Crippen LogP contribution < -0.4 is 10.6 Å². The minimum atomic E-state index is 0.359. The minimum Gasteiger partial charge on any atom is -0.373 e. The summed E-state index contributed by atoms with van der Waals surface area (Å²) in [7, 11) is 1.89. The van der Waals surface area contributed by atoms with Crippen LogP contribution in [-0.4, -0.2) is 17.0 Å². The number of anilines is 2. The average Bonchev–Trinajstić information content (AvgIpc) is 2.45. The molecule has 0 fully saturated rings. The molecule has 0 amide bonds. The predicted octanol–water partition coefficient (Wildman–Crippen LogP) is 3.56. The molecule has 2 aromatic rings. The van der Waals surface area contributed by atoms with Crippen molar-refractivity contribution in [2.24, 2.45) is 0 Å². The van der Waals surface area contributed by atoms with E-state index in [4.69, 9.17) is 0 Å². The molecule has 106 valence electrons. The monoisotopic (exact) mass is 270 g/mol. The van der Waals surface area contributed by atoms with Gasteiger partial charge in [0.25, 0.3) is 0 Å². The van der Waals surface area contributed by atoms with Crippen LogP contribution in [0.1, 0.15) is 36.5 Å². The summed E-state index contributed by atoms with van der Waals surface area (Å²) in [4.78, 5) is 8.68. The van der Waals surface area contributed by atoms with Crippen molar-refractivity contribution in [3.63, 3.8) is 0 Å². The van der Waals surface area contributed by atoms with Gasteiger partial charge in [-0.25, -0.2) is 9.97 Å². The van der Waals surface area contributed by atoms with Gasteiger partial charge in [-0.1, -0.05) is 38.1 Å². The van der Waals surface area contributed by atoms with E-state index in [2.05, 4.69) is 65.6 Å². The number of rotatable bonds is 5. The van der Waals surface area contributed by atoms with E-state index in [1.54, 1.807) is 6.33 Å². The molecule has 0 aliphatic carbocycles. The van der Waals surface area contributed by atoms with Crippen molar-refractivity contribution >= 4 is 11.6 Å². The molecule has 2 rings (SSSR count).